The van der Waals surface area contributed by atoms with Gasteiger partial charge in [0.25, 0.3) is 0 Å². The van der Waals surface area contributed by atoms with Crippen LogP contribution in [-0.2, 0) is 5.41 Å². The van der Waals surface area contributed by atoms with Crippen LogP contribution in [0.15, 0.2) is 41.0 Å². The Morgan fingerprint density at radius 1 is 1.00 bits per heavy atom. The van der Waals surface area contributed by atoms with E-state index < -0.39 is 0 Å². The monoisotopic (exact) mass is 336 g/mol. The minimum absolute atomic E-state index is 0.353. The fourth-order valence-corrected chi connectivity index (χ4v) is 6.10. The zero-order chi connectivity index (χ0) is 17.0. The van der Waals surface area contributed by atoms with E-state index in [4.69, 9.17) is 9.15 Å². The number of esters is 1. The van der Waals surface area contributed by atoms with Crippen LogP contribution in [0.25, 0.3) is 0 Å². The smallest absolute Gasteiger partial charge is 0.347 e. The van der Waals surface area contributed by atoms with Gasteiger partial charge in [-0.1, -0.05) is 12.1 Å². The lowest BCUT2D eigenvalue weighted by molar-refractivity contribution is -0.00519. The van der Waals surface area contributed by atoms with E-state index in [2.05, 4.69) is 12.1 Å². The molecule has 130 valence electrons. The second kappa shape index (κ2) is 5.48. The maximum Gasteiger partial charge on any atom is 0.347 e. The molecule has 0 aliphatic heterocycles. The third-order valence-corrected chi connectivity index (χ3v) is 6.79. The van der Waals surface area contributed by atoms with Crippen LogP contribution < -0.4 is 4.74 Å². The average molecular weight is 336 g/mol. The van der Waals surface area contributed by atoms with Gasteiger partial charge < -0.3 is 9.15 Å². The highest BCUT2D eigenvalue weighted by atomic mass is 16.5. The molecule has 1 heterocycles. The molecule has 4 saturated carbocycles. The van der Waals surface area contributed by atoms with Gasteiger partial charge in [0.05, 0.1) is 6.26 Å². The van der Waals surface area contributed by atoms with Crippen molar-refractivity contribution in [1.82, 2.24) is 0 Å². The van der Waals surface area contributed by atoms with Gasteiger partial charge in [0.1, 0.15) is 17.1 Å². The molecule has 0 amide bonds. The number of aryl methyl sites for hydroxylation is 1. The van der Waals surface area contributed by atoms with Crippen LogP contribution in [0.2, 0.25) is 0 Å². The molecule has 0 saturated heterocycles. The molecule has 4 bridgehead atoms. The normalized spacial score (nSPS) is 32.8. The van der Waals surface area contributed by atoms with E-state index in [1.165, 1.54) is 50.4 Å². The van der Waals surface area contributed by atoms with Crippen molar-refractivity contribution in [3.05, 3.63) is 53.5 Å². The van der Waals surface area contributed by atoms with Gasteiger partial charge in [0.2, 0.25) is 0 Å². The first-order chi connectivity index (χ1) is 12.1. The van der Waals surface area contributed by atoms with Gasteiger partial charge in [-0.05, 0) is 92.4 Å². The van der Waals surface area contributed by atoms with Crippen molar-refractivity contribution < 1.29 is 13.9 Å². The van der Waals surface area contributed by atoms with E-state index in [1.54, 1.807) is 13.0 Å². The number of benzene rings is 1. The lowest BCUT2D eigenvalue weighted by Gasteiger charge is -2.57. The zero-order valence-electron chi connectivity index (χ0n) is 14.7. The van der Waals surface area contributed by atoms with E-state index in [-0.39, 0.29) is 5.97 Å². The number of rotatable bonds is 3. The number of hydrogen-bond donors (Lipinski definition) is 0. The molecule has 0 N–H and O–H groups in total. The fraction of sp³-hybridized carbons (Fsp3) is 0.500. The first-order valence-electron chi connectivity index (χ1n) is 9.48. The molecule has 4 fully saturated rings. The third kappa shape index (κ3) is 2.52. The lowest BCUT2D eigenvalue weighted by atomic mass is 9.48. The molecule has 3 nitrogen and oxygen atoms in total. The topological polar surface area (TPSA) is 39.4 Å². The summed E-state index contributed by atoms with van der Waals surface area (Å²) >= 11 is 0. The molecule has 0 radical (unpaired) electrons. The van der Waals surface area contributed by atoms with Crippen molar-refractivity contribution >= 4 is 5.97 Å². The van der Waals surface area contributed by atoms with Crippen LogP contribution >= 0.6 is 0 Å². The van der Waals surface area contributed by atoms with E-state index in [1.807, 2.05) is 12.1 Å². The summed E-state index contributed by atoms with van der Waals surface area (Å²) in [7, 11) is 0. The van der Waals surface area contributed by atoms with Gasteiger partial charge in [0, 0.05) is 0 Å². The number of ether oxygens (including phenoxy) is 1. The average Bonchev–Trinajstić information content (AvgIpc) is 3.00. The summed E-state index contributed by atoms with van der Waals surface area (Å²) in [6.07, 6.45) is 9.95. The first-order valence-corrected chi connectivity index (χ1v) is 9.48. The van der Waals surface area contributed by atoms with Crippen molar-refractivity contribution in [2.75, 3.05) is 0 Å². The van der Waals surface area contributed by atoms with Gasteiger partial charge in [-0.25, -0.2) is 4.79 Å². The maximum atomic E-state index is 12.2. The SMILES string of the molecule is Cc1occc1C(=O)Oc1ccc(C23CC4CC(CC(C4)C2)C3)cc1. The van der Waals surface area contributed by atoms with E-state index >= 15 is 0 Å². The molecule has 1 aromatic carbocycles. The Bertz CT molecular complexity index is 764. The summed E-state index contributed by atoms with van der Waals surface area (Å²) in [5, 5.41) is 0. The second-order valence-electron chi connectivity index (χ2n) is 8.50. The Morgan fingerprint density at radius 3 is 2.12 bits per heavy atom. The summed E-state index contributed by atoms with van der Waals surface area (Å²) < 4.78 is 10.7. The molecule has 0 atom stereocenters. The van der Waals surface area contributed by atoms with Crippen LogP contribution in [-0.4, -0.2) is 5.97 Å². The number of carbonyl (C=O) groups is 1. The minimum atomic E-state index is -0.353. The molecule has 0 unspecified atom stereocenters. The predicted molar refractivity (Wildman–Crippen MR) is 94.7 cm³/mol. The summed E-state index contributed by atoms with van der Waals surface area (Å²) in [6.45, 7) is 1.77. The highest BCUT2D eigenvalue weighted by Gasteiger charge is 2.51. The number of carbonyl (C=O) groups excluding carboxylic acids is 1. The molecule has 4 aliphatic carbocycles. The predicted octanol–water partition coefficient (Wildman–Crippen LogP) is 5.28. The summed E-state index contributed by atoms with van der Waals surface area (Å²) in [5.41, 5.74) is 2.33. The summed E-state index contributed by atoms with van der Waals surface area (Å²) in [5.74, 6) is 3.66. The van der Waals surface area contributed by atoms with E-state index in [0.29, 0.717) is 22.5 Å². The highest BCUT2D eigenvalue weighted by Crippen LogP contribution is 2.60. The molecule has 0 spiro atoms. The minimum Gasteiger partial charge on any atom is -0.469 e. The van der Waals surface area contributed by atoms with Gasteiger partial charge in [-0.2, -0.15) is 0 Å². The second-order valence-corrected chi connectivity index (χ2v) is 8.50. The Labute approximate surface area is 148 Å². The lowest BCUT2D eigenvalue weighted by Crippen LogP contribution is -2.48. The number of furan rings is 1. The van der Waals surface area contributed by atoms with Crippen LogP contribution in [0.5, 0.6) is 5.75 Å². The van der Waals surface area contributed by atoms with Gasteiger partial charge in [-0.3, -0.25) is 0 Å². The molecule has 25 heavy (non-hydrogen) atoms. The Hall–Kier alpha value is -2.03. The quantitative estimate of drug-likeness (QED) is 0.566. The molecule has 2 aromatic rings. The van der Waals surface area contributed by atoms with Crippen LogP contribution in [0.4, 0.5) is 0 Å². The Kier molecular flexibility index (Phi) is 3.34. The van der Waals surface area contributed by atoms with Crippen LogP contribution in [0.3, 0.4) is 0 Å². The largest absolute Gasteiger partial charge is 0.469 e. The molecule has 1 aromatic heterocycles. The zero-order valence-corrected chi connectivity index (χ0v) is 14.7. The third-order valence-electron chi connectivity index (χ3n) is 6.79. The molecule has 6 rings (SSSR count). The Morgan fingerprint density at radius 2 is 1.60 bits per heavy atom. The Balaban J connectivity index is 1.36. The van der Waals surface area contributed by atoms with E-state index in [9.17, 15) is 4.79 Å². The van der Waals surface area contributed by atoms with Crippen molar-refractivity contribution in [2.45, 2.75) is 50.9 Å². The molecular weight excluding hydrogens is 312 g/mol. The van der Waals surface area contributed by atoms with Crippen molar-refractivity contribution in [2.24, 2.45) is 17.8 Å². The van der Waals surface area contributed by atoms with Crippen molar-refractivity contribution in [3.63, 3.8) is 0 Å². The van der Waals surface area contributed by atoms with Gasteiger partial charge in [-0.15, -0.1) is 0 Å². The number of hydrogen-bond acceptors (Lipinski definition) is 3. The van der Waals surface area contributed by atoms with Gasteiger partial charge >= 0.3 is 5.97 Å². The fourth-order valence-electron chi connectivity index (χ4n) is 6.10. The highest BCUT2D eigenvalue weighted by molar-refractivity contribution is 5.91. The maximum absolute atomic E-state index is 12.2. The standard InChI is InChI=1S/C22H24O3/c1-14-20(6-7-24-14)21(23)25-19-4-2-18(3-5-19)22-11-15-8-16(12-22)10-17(9-15)13-22/h2-7,15-17H,8-13H2,1H3. The van der Waals surface area contributed by atoms with E-state index in [0.717, 1.165) is 17.8 Å². The van der Waals surface area contributed by atoms with Crippen molar-refractivity contribution in [1.29, 1.82) is 0 Å². The first kappa shape index (κ1) is 15.2. The van der Waals surface area contributed by atoms with Crippen LogP contribution in [0, 0.1) is 24.7 Å². The summed E-state index contributed by atoms with van der Waals surface area (Å²) in [4.78, 5) is 12.2. The van der Waals surface area contributed by atoms with Crippen LogP contribution in [0.1, 0.15) is 60.2 Å². The van der Waals surface area contributed by atoms with Gasteiger partial charge in [0.15, 0.2) is 0 Å². The summed E-state index contributed by atoms with van der Waals surface area (Å²) in [6, 6.07) is 9.96. The molecule has 3 heteroatoms. The molecular formula is C22H24O3. The molecule has 4 aliphatic rings. The van der Waals surface area contributed by atoms with Crippen molar-refractivity contribution in [3.8, 4) is 5.75 Å².